The molecule has 20 heavy (non-hydrogen) atoms. The Labute approximate surface area is 127 Å². The molecule has 3 heterocycles. The zero-order valence-corrected chi connectivity index (χ0v) is 13.3. The van der Waals surface area contributed by atoms with Gasteiger partial charge in [-0.2, -0.15) is 4.98 Å². The monoisotopic (exact) mass is 341 g/mol. The van der Waals surface area contributed by atoms with Crippen molar-refractivity contribution >= 4 is 21.9 Å². The number of anilines is 1. The van der Waals surface area contributed by atoms with Gasteiger partial charge in [0.2, 0.25) is 11.8 Å². The van der Waals surface area contributed by atoms with Crippen molar-refractivity contribution in [3.05, 3.63) is 10.7 Å². The highest BCUT2D eigenvalue weighted by Gasteiger charge is 2.29. The fourth-order valence-corrected chi connectivity index (χ4v) is 3.26. The zero-order chi connectivity index (χ0) is 13.9. The molecule has 0 amide bonds. The van der Waals surface area contributed by atoms with E-state index in [1.165, 1.54) is 6.42 Å². The second kappa shape index (κ2) is 6.24. The summed E-state index contributed by atoms with van der Waals surface area (Å²) in [5, 5.41) is 3.40. The standard InChI is InChI=1S/C13H20BrN5O/c1-20-12-11(14)8-16-13(17-12)19-5-2-10(9-19)18-6-3-15-4-7-18/h8,10,15H,2-7,9H2,1H3. The van der Waals surface area contributed by atoms with Crippen LogP contribution in [0.1, 0.15) is 6.42 Å². The number of nitrogens with one attached hydrogen (secondary N) is 1. The number of aromatic nitrogens is 2. The maximum absolute atomic E-state index is 5.25. The second-order valence-corrected chi connectivity index (χ2v) is 6.06. The number of piperazine rings is 1. The van der Waals surface area contributed by atoms with Gasteiger partial charge in [-0.3, -0.25) is 4.90 Å². The van der Waals surface area contributed by atoms with Gasteiger partial charge in [-0.15, -0.1) is 0 Å². The zero-order valence-electron chi connectivity index (χ0n) is 11.7. The molecular formula is C13H20BrN5O. The molecule has 2 saturated heterocycles. The molecule has 2 fully saturated rings. The van der Waals surface area contributed by atoms with Gasteiger partial charge < -0.3 is 15.0 Å². The van der Waals surface area contributed by atoms with Crippen molar-refractivity contribution in [3.63, 3.8) is 0 Å². The summed E-state index contributed by atoms with van der Waals surface area (Å²) in [5.74, 6) is 1.36. The molecule has 1 aromatic heterocycles. The molecule has 0 bridgehead atoms. The minimum Gasteiger partial charge on any atom is -0.480 e. The predicted molar refractivity (Wildman–Crippen MR) is 81.3 cm³/mol. The van der Waals surface area contributed by atoms with E-state index in [1.54, 1.807) is 13.3 Å². The maximum Gasteiger partial charge on any atom is 0.232 e. The summed E-state index contributed by atoms with van der Waals surface area (Å²) < 4.78 is 6.04. The molecule has 2 aliphatic rings. The number of methoxy groups -OCH3 is 1. The summed E-state index contributed by atoms with van der Waals surface area (Å²) in [6, 6.07) is 0.621. The van der Waals surface area contributed by atoms with Gasteiger partial charge in [-0.1, -0.05) is 0 Å². The van der Waals surface area contributed by atoms with Gasteiger partial charge in [0.1, 0.15) is 0 Å². The van der Waals surface area contributed by atoms with Crippen LogP contribution in [0.2, 0.25) is 0 Å². The SMILES string of the molecule is COc1nc(N2CCC(N3CCNCC3)C2)ncc1Br. The highest BCUT2D eigenvalue weighted by Crippen LogP contribution is 2.26. The maximum atomic E-state index is 5.25. The smallest absolute Gasteiger partial charge is 0.232 e. The van der Waals surface area contributed by atoms with E-state index in [1.807, 2.05) is 0 Å². The van der Waals surface area contributed by atoms with Crippen molar-refractivity contribution in [1.29, 1.82) is 0 Å². The molecule has 2 aliphatic heterocycles. The van der Waals surface area contributed by atoms with Crippen LogP contribution in [0.4, 0.5) is 5.95 Å². The first-order valence-electron chi connectivity index (χ1n) is 7.04. The third-order valence-electron chi connectivity index (χ3n) is 4.01. The lowest BCUT2D eigenvalue weighted by Crippen LogP contribution is -2.49. The normalized spacial score (nSPS) is 24.1. The van der Waals surface area contributed by atoms with Crippen LogP contribution < -0.4 is 15.0 Å². The minimum atomic E-state index is 0.598. The van der Waals surface area contributed by atoms with Crippen LogP contribution in [-0.2, 0) is 0 Å². The van der Waals surface area contributed by atoms with Crippen LogP contribution in [0.25, 0.3) is 0 Å². The van der Waals surface area contributed by atoms with E-state index >= 15 is 0 Å². The summed E-state index contributed by atoms with van der Waals surface area (Å²) in [6.45, 7) is 6.49. The first kappa shape index (κ1) is 14.0. The summed E-state index contributed by atoms with van der Waals surface area (Å²) in [7, 11) is 1.63. The summed E-state index contributed by atoms with van der Waals surface area (Å²) >= 11 is 3.39. The Bertz CT molecular complexity index is 466. The summed E-state index contributed by atoms with van der Waals surface area (Å²) in [4.78, 5) is 13.7. The van der Waals surface area contributed by atoms with Crippen molar-refractivity contribution in [2.24, 2.45) is 0 Å². The fraction of sp³-hybridized carbons (Fsp3) is 0.692. The molecule has 6 nitrogen and oxygen atoms in total. The van der Waals surface area contributed by atoms with Gasteiger partial charge in [-0.25, -0.2) is 4.98 Å². The highest BCUT2D eigenvalue weighted by atomic mass is 79.9. The molecule has 0 radical (unpaired) electrons. The van der Waals surface area contributed by atoms with Gasteiger partial charge in [-0.05, 0) is 22.4 Å². The van der Waals surface area contributed by atoms with Crippen molar-refractivity contribution in [2.75, 3.05) is 51.3 Å². The highest BCUT2D eigenvalue weighted by molar-refractivity contribution is 9.10. The van der Waals surface area contributed by atoms with Gasteiger partial charge in [0.25, 0.3) is 0 Å². The third kappa shape index (κ3) is 2.89. The fourth-order valence-electron chi connectivity index (χ4n) is 2.91. The first-order valence-corrected chi connectivity index (χ1v) is 7.83. The molecule has 0 saturated carbocycles. The van der Waals surface area contributed by atoms with Crippen LogP contribution >= 0.6 is 15.9 Å². The molecule has 0 aromatic carbocycles. The first-order chi connectivity index (χ1) is 9.78. The van der Waals surface area contributed by atoms with E-state index in [2.05, 4.69) is 41.0 Å². The Morgan fingerprint density at radius 3 is 2.90 bits per heavy atom. The quantitative estimate of drug-likeness (QED) is 0.874. The molecule has 0 aliphatic carbocycles. The Morgan fingerprint density at radius 1 is 1.35 bits per heavy atom. The minimum absolute atomic E-state index is 0.598. The van der Waals surface area contributed by atoms with Crippen molar-refractivity contribution < 1.29 is 4.74 Å². The molecule has 1 atom stereocenters. The second-order valence-electron chi connectivity index (χ2n) is 5.20. The molecule has 3 rings (SSSR count). The molecular weight excluding hydrogens is 322 g/mol. The lowest BCUT2D eigenvalue weighted by atomic mass is 10.2. The van der Waals surface area contributed by atoms with Crippen molar-refractivity contribution in [1.82, 2.24) is 20.2 Å². The number of ether oxygens (including phenoxy) is 1. The van der Waals surface area contributed by atoms with Crippen LogP contribution in [-0.4, -0.2) is 67.3 Å². The number of rotatable bonds is 3. The Kier molecular flexibility index (Phi) is 4.38. The molecule has 1 N–H and O–H groups in total. The Hall–Kier alpha value is -0.920. The topological polar surface area (TPSA) is 53.5 Å². The van der Waals surface area contributed by atoms with E-state index < -0.39 is 0 Å². The molecule has 7 heteroatoms. The third-order valence-corrected chi connectivity index (χ3v) is 4.55. The molecule has 110 valence electrons. The number of hydrogen-bond donors (Lipinski definition) is 1. The van der Waals surface area contributed by atoms with E-state index in [-0.39, 0.29) is 0 Å². The van der Waals surface area contributed by atoms with Crippen LogP contribution in [0, 0.1) is 0 Å². The van der Waals surface area contributed by atoms with E-state index in [4.69, 9.17) is 4.74 Å². The van der Waals surface area contributed by atoms with Gasteiger partial charge in [0, 0.05) is 45.3 Å². The predicted octanol–water partition coefficient (Wildman–Crippen LogP) is 0.732. The lowest BCUT2D eigenvalue weighted by Gasteiger charge is -2.32. The van der Waals surface area contributed by atoms with Gasteiger partial charge in [0.05, 0.1) is 17.8 Å². The van der Waals surface area contributed by atoms with Crippen LogP contribution in [0.3, 0.4) is 0 Å². The number of hydrogen-bond acceptors (Lipinski definition) is 6. The summed E-state index contributed by atoms with van der Waals surface area (Å²) in [5.41, 5.74) is 0. The molecule has 0 spiro atoms. The van der Waals surface area contributed by atoms with Crippen LogP contribution in [0.15, 0.2) is 10.7 Å². The van der Waals surface area contributed by atoms with Crippen LogP contribution in [0.5, 0.6) is 5.88 Å². The molecule has 1 aromatic rings. The summed E-state index contributed by atoms with van der Waals surface area (Å²) in [6.07, 6.45) is 2.95. The van der Waals surface area contributed by atoms with E-state index in [0.29, 0.717) is 11.9 Å². The van der Waals surface area contributed by atoms with E-state index in [9.17, 15) is 0 Å². The van der Waals surface area contributed by atoms with Gasteiger partial charge in [0.15, 0.2) is 0 Å². The largest absolute Gasteiger partial charge is 0.480 e. The van der Waals surface area contributed by atoms with Gasteiger partial charge >= 0.3 is 0 Å². The number of halogens is 1. The number of nitrogens with zero attached hydrogens (tertiary/aromatic N) is 4. The Morgan fingerprint density at radius 2 is 2.15 bits per heavy atom. The Balaban J connectivity index is 1.67. The average molecular weight is 342 g/mol. The van der Waals surface area contributed by atoms with Crippen molar-refractivity contribution in [2.45, 2.75) is 12.5 Å². The average Bonchev–Trinajstić information content (AvgIpc) is 2.98. The molecule has 1 unspecified atom stereocenters. The lowest BCUT2D eigenvalue weighted by molar-refractivity contribution is 0.185. The van der Waals surface area contributed by atoms with E-state index in [0.717, 1.165) is 49.7 Å². The van der Waals surface area contributed by atoms with Crippen molar-refractivity contribution in [3.8, 4) is 5.88 Å².